The van der Waals surface area contributed by atoms with Crippen LogP contribution in [-0.2, 0) is 0 Å². The van der Waals surface area contributed by atoms with E-state index in [9.17, 15) is 0 Å². The largest absolute Gasteiger partial charge is 0.0991 e. The Labute approximate surface area is 82.5 Å². The fraction of sp³-hybridized carbons (Fsp3) is 0.200. The Morgan fingerprint density at radius 2 is 1.64 bits per heavy atom. The average molecular weight is 260 g/mol. The summed E-state index contributed by atoms with van der Waals surface area (Å²) in [6.07, 6.45) is 15.2. The molecule has 0 amide bonds. The van der Waals surface area contributed by atoms with E-state index >= 15 is 0 Å². The normalized spacial score (nSPS) is 12.1. The Hall–Kier alpha value is -0.310. The molecule has 0 rings (SSSR count). The van der Waals surface area contributed by atoms with E-state index in [1.807, 2.05) is 6.08 Å². The molecule has 0 atom stereocenters. The van der Waals surface area contributed by atoms with Crippen LogP contribution >= 0.6 is 22.6 Å². The molecule has 0 saturated heterocycles. The summed E-state index contributed by atoms with van der Waals surface area (Å²) in [6, 6.07) is 0. The molecule has 0 fully saturated rings. The summed E-state index contributed by atoms with van der Waals surface area (Å²) >= 11 is 2.31. The van der Waals surface area contributed by atoms with Crippen LogP contribution in [0.5, 0.6) is 0 Å². The molecule has 0 aliphatic rings. The van der Waals surface area contributed by atoms with E-state index in [1.54, 1.807) is 6.08 Å². The molecule has 0 spiro atoms. The number of hydrogen-bond donors (Lipinski definition) is 0. The molecule has 0 unspecified atom stereocenters. The Bertz CT molecular complexity index is 164. The lowest BCUT2D eigenvalue weighted by molar-refractivity contribution is 1.39. The Morgan fingerprint density at radius 3 is 2.27 bits per heavy atom. The fourth-order valence-electron chi connectivity index (χ4n) is 0.540. The van der Waals surface area contributed by atoms with Crippen molar-refractivity contribution >= 4 is 22.6 Å². The first-order valence-corrected chi connectivity index (χ1v) is 5.09. The zero-order chi connectivity index (χ0) is 8.36. The van der Waals surface area contributed by atoms with E-state index in [4.69, 9.17) is 0 Å². The van der Waals surface area contributed by atoms with Gasteiger partial charge in [-0.2, -0.15) is 0 Å². The Balaban J connectivity index is 3.36. The highest BCUT2D eigenvalue weighted by atomic mass is 127. The van der Waals surface area contributed by atoms with Gasteiger partial charge in [0.15, 0.2) is 0 Å². The smallest absolute Gasteiger partial charge is 0.0178 e. The standard InChI is InChI=1S/C10H13I/c1-2-3-4-5-6-7-8-9-10-11/h2-4,6-9H,1,5,10H2/b4-3-,7-6-,9-8-. The number of allylic oxidation sites excluding steroid dienone is 7. The Kier molecular flexibility index (Phi) is 9.42. The average Bonchev–Trinajstić information content (AvgIpc) is 2.03. The predicted octanol–water partition coefficient (Wildman–Crippen LogP) is 3.67. The van der Waals surface area contributed by atoms with Crippen molar-refractivity contribution in [1.82, 2.24) is 0 Å². The van der Waals surface area contributed by atoms with Gasteiger partial charge in [0, 0.05) is 4.43 Å². The van der Waals surface area contributed by atoms with Gasteiger partial charge in [-0.05, 0) is 6.42 Å². The zero-order valence-corrected chi connectivity index (χ0v) is 8.70. The van der Waals surface area contributed by atoms with Gasteiger partial charge in [-0.1, -0.05) is 71.7 Å². The van der Waals surface area contributed by atoms with Crippen LogP contribution in [0.25, 0.3) is 0 Å². The van der Waals surface area contributed by atoms with Crippen molar-refractivity contribution in [3.8, 4) is 0 Å². The maximum atomic E-state index is 3.58. The molecule has 0 heterocycles. The molecule has 0 bridgehead atoms. The highest BCUT2D eigenvalue weighted by Crippen LogP contribution is 1.88. The van der Waals surface area contributed by atoms with Gasteiger partial charge >= 0.3 is 0 Å². The number of halogens is 1. The minimum absolute atomic E-state index is 0.984. The van der Waals surface area contributed by atoms with Gasteiger partial charge in [-0.25, -0.2) is 0 Å². The maximum absolute atomic E-state index is 3.58. The number of rotatable bonds is 5. The molecule has 1 heteroatoms. The minimum Gasteiger partial charge on any atom is -0.0991 e. The second kappa shape index (κ2) is 9.69. The molecule has 0 aliphatic heterocycles. The lowest BCUT2D eigenvalue weighted by Gasteiger charge is -1.77. The van der Waals surface area contributed by atoms with Crippen LogP contribution < -0.4 is 0 Å². The van der Waals surface area contributed by atoms with Gasteiger partial charge in [0.2, 0.25) is 0 Å². The van der Waals surface area contributed by atoms with Gasteiger partial charge in [0.05, 0.1) is 0 Å². The summed E-state index contributed by atoms with van der Waals surface area (Å²) in [6.45, 7) is 3.58. The third kappa shape index (κ3) is 9.69. The second-order valence-corrected chi connectivity index (χ2v) is 2.79. The third-order valence-electron chi connectivity index (χ3n) is 1.02. The summed E-state index contributed by atoms with van der Waals surface area (Å²) < 4.78 is 1.07. The van der Waals surface area contributed by atoms with Crippen molar-refractivity contribution in [2.45, 2.75) is 6.42 Å². The van der Waals surface area contributed by atoms with E-state index < -0.39 is 0 Å². The van der Waals surface area contributed by atoms with Gasteiger partial charge in [0.1, 0.15) is 0 Å². The van der Waals surface area contributed by atoms with E-state index in [2.05, 4.69) is 59.5 Å². The molecule has 0 saturated carbocycles. The van der Waals surface area contributed by atoms with Gasteiger partial charge in [-0.15, -0.1) is 0 Å². The van der Waals surface area contributed by atoms with Crippen LogP contribution in [0, 0.1) is 0 Å². The van der Waals surface area contributed by atoms with E-state index in [0.29, 0.717) is 0 Å². The molecule has 0 aromatic carbocycles. The quantitative estimate of drug-likeness (QED) is 0.402. The van der Waals surface area contributed by atoms with Crippen molar-refractivity contribution in [1.29, 1.82) is 0 Å². The first-order chi connectivity index (χ1) is 5.41. The predicted molar refractivity (Wildman–Crippen MR) is 61.1 cm³/mol. The molecular weight excluding hydrogens is 247 g/mol. The zero-order valence-electron chi connectivity index (χ0n) is 6.54. The minimum atomic E-state index is 0.984. The number of alkyl halides is 1. The van der Waals surface area contributed by atoms with Crippen LogP contribution in [0.15, 0.2) is 49.1 Å². The second-order valence-electron chi connectivity index (χ2n) is 1.91. The topological polar surface area (TPSA) is 0 Å². The molecule has 0 N–H and O–H groups in total. The van der Waals surface area contributed by atoms with Crippen LogP contribution in [-0.4, -0.2) is 4.43 Å². The highest BCUT2D eigenvalue weighted by molar-refractivity contribution is 14.1. The van der Waals surface area contributed by atoms with Gasteiger partial charge in [-0.3, -0.25) is 0 Å². The van der Waals surface area contributed by atoms with Crippen molar-refractivity contribution < 1.29 is 0 Å². The lowest BCUT2D eigenvalue weighted by Crippen LogP contribution is -1.58. The molecule has 0 aromatic heterocycles. The van der Waals surface area contributed by atoms with Gasteiger partial charge < -0.3 is 0 Å². The first-order valence-electron chi connectivity index (χ1n) is 3.57. The van der Waals surface area contributed by atoms with Crippen LogP contribution in [0.4, 0.5) is 0 Å². The third-order valence-corrected chi connectivity index (χ3v) is 1.53. The van der Waals surface area contributed by atoms with Crippen molar-refractivity contribution in [2.75, 3.05) is 4.43 Å². The highest BCUT2D eigenvalue weighted by Gasteiger charge is 1.67. The van der Waals surface area contributed by atoms with Crippen LogP contribution in [0.2, 0.25) is 0 Å². The fourth-order valence-corrected chi connectivity index (χ4v) is 0.834. The maximum Gasteiger partial charge on any atom is 0.0178 e. The number of hydrogen-bond acceptors (Lipinski definition) is 0. The summed E-state index contributed by atoms with van der Waals surface area (Å²) in [7, 11) is 0. The van der Waals surface area contributed by atoms with Crippen molar-refractivity contribution in [3.63, 3.8) is 0 Å². The summed E-state index contributed by atoms with van der Waals surface area (Å²) in [5.74, 6) is 0. The van der Waals surface area contributed by atoms with E-state index in [1.165, 1.54) is 0 Å². The summed E-state index contributed by atoms with van der Waals surface area (Å²) in [5, 5.41) is 0. The first kappa shape index (κ1) is 10.7. The lowest BCUT2D eigenvalue weighted by atomic mass is 10.3. The summed E-state index contributed by atoms with van der Waals surface area (Å²) in [4.78, 5) is 0. The monoisotopic (exact) mass is 260 g/mol. The van der Waals surface area contributed by atoms with Crippen molar-refractivity contribution in [2.24, 2.45) is 0 Å². The van der Waals surface area contributed by atoms with Crippen LogP contribution in [0.1, 0.15) is 6.42 Å². The molecule has 0 aromatic rings. The van der Waals surface area contributed by atoms with E-state index in [-0.39, 0.29) is 0 Å². The molecular formula is C10H13I. The summed E-state index contributed by atoms with van der Waals surface area (Å²) in [5.41, 5.74) is 0. The van der Waals surface area contributed by atoms with Crippen molar-refractivity contribution in [3.05, 3.63) is 49.1 Å². The molecule has 0 radical (unpaired) electrons. The molecule has 60 valence electrons. The molecule has 0 aliphatic carbocycles. The van der Waals surface area contributed by atoms with Crippen LogP contribution in [0.3, 0.4) is 0 Å². The molecule has 11 heavy (non-hydrogen) atoms. The Morgan fingerprint density at radius 1 is 1.00 bits per heavy atom. The molecule has 0 nitrogen and oxygen atoms in total. The van der Waals surface area contributed by atoms with E-state index in [0.717, 1.165) is 10.8 Å². The van der Waals surface area contributed by atoms with Gasteiger partial charge in [0.25, 0.3) is 0 Å². The SMILES string of the molecule is C=C/C=C\C/C=C\C=C/CI.